The zero-order valence-corrected chi connectivity index (χ0v) is 14.8. The summed E-state index contributed by atoms with van der Waals surface area (Å²) in [6, 6.07) is 11.6. The van der Waals surface area contributed by atoms with Crippen LogP contribution in [0.3, 0.4) is 0 Å². The van der Waals surface area contributed by atoms with Crippen LogP contribution in [0.4, 0.5) is 5.69 Å². The Balaban J connectivity index is 1.87. The molecule has 3 N–H and O–H groups in total. The summed E-state index contributed by atoms with van der Waals surface area (Å²) in [6.07, 6.45) is 1.27. The Morgan fingerprint density at radius 2 is 1.57 bits per heavy atom. The normalized spacial score (nSPS) is 10.3. The van der Waals surface area contributed by atoms with E-state index in [4.69, 9.17) is 9.84 Å². The van der Waals surface area contributed by atoms with Crippen LogP contribution in [0.2, 0.25) is 0 Å². The molecule has 0 aliphatic heterocycles. The van der Waals surface area contributed by atoms with Crippen molar-refractivity contribution in [2.45, 2.75) is 6.92 Å². The lowest BCUT2D eigenvalue weighted by molar-refractivity contribution is -0.136. The number of carboxylic acids is 1. The molecule has 0 spiro atoms. The van der Waals surface area contributed by atoms with Gasteiger partial charge in [0, 0.05) is 5.69 Å². The first-order valence-corrected chi connectivity index (χ1v) is 8.15. The molecular weight excluding hydrogens is 366 g/mol. The lowest BCUT2D eigenvalue weighted by atomic mass is 10.1. The lowest BCUT2D eigenvalue weighted by Crippen LogP contribution is -2.32. The Labute approximate surface area is 160 Å². The Hall–Kier alpha value is -4.01. The Morgan fingerprint density at radius 1 is 0.964 bits per heavy atom. The Kier molecular flexibility index (Phi) is 6.98. The number of esters is 1. The summed E-state index contributed by atoms with van der Waals surface area (Å²) in [7, 11) is 0. The van der Waals surface area contributed by atoms with E-state index in [-0.39, 0.29) is 12.2 Å². The predicted molar refractivity (Wildman–Crippen MR) is 100 cm³/mol. The van der Waals surface area contributed by atoms with Crippen molar-refractivity contribution in [2.75, 3.05) is 11.9 Å². The number of ether oxygens (including phenoxy) is 1. The zero-order chi connectivity index (χ0) is 20.5. The molecule has 0 saturated heterocycles. The van der Waals surface area contributed by atoms with Gasteiger partial charge in [-0.3, -0.25) is 9.59 Å². The SMILES string of the molecule is CCOC(=O)c1ccc(NC(=O)C(=O)NN=Cc2ccc(C(=O)O)cc2)cc1. The molecule has 2 rings (SSSR count). The van der Waals surface area contributed by atoms with E-state index in [0.29, 0.717) is 16.8 Å². The highest BCUT2D eigenvalue weighted by Gasteiger charge is 2.13. The van der Waals surface area contributed by atoms with Crippen molar-refractivity contribution in [2.24, 2.45) is 5.10 Å². The van der Waals surface area contributed by atoms with Gasteiger partial charge in [0.25, 0.3) is 0 Å². The van der Waals surface area contributed by atoms with Gasteiger partial charge in [-0.2, -0.15) is 5.10 Å². The molecule has 0 saturated carbocycles. The van der Waals surface area contributed by atoms with Crippen LogP contribution in [-0.4, -0.2) is 41.7 Å². The van der Waals surface area contributed by atoms with Gasteiger partial charge in [0.05, 0.1) is 23.9 Å². The number of carboxylic acid groups (broad SMARTS) is 1. The number of amides is 2. The molecule has 0 aliphatic rings. The third kappa shape index (κ3) is 5.77. The fourth-order valence-electron chi connectivity index (χ4n) is 2.02. The van der Waals surface area contributed by atoms with E-state index in [0.717, 1.165) is 0 Å². The van der Waals surface area contributed by atoms with E-state index >= 15 is 0 Å². The maximum Gasteiger partial charge on any atom is 0.338 e. The fourth-order valence-corrected chi connectivity index (χ4v) is 2.02. The van der Waals surface area contributed by atoms with Crippen LogP contribution in [0.5, 0.6) is 0 Å². The molecule has 0 fully saturated rings. The van der Waals surface area contributed by atoms with Gasteiger partial charge in [0.15, 0.2) is 0 Å². The van der Waals surface area contributed by atoms with Gasteiger partial charge in [0.2, 0.25) is 0 Å². The number of benzene rings is 2. The van der Waals surface area contributed by atoms with E-state index in [1.165, 1.54) is 54.7 Å². The molecule has 2 aromatic carbocycles. The first-order valence-electron chi connectivity index (χ1n) is 8.15. The highest BCUT2D eigenvalue weighted by molar-refractivity contribution is 6.39. The van der Waals surface area contributed by atoms with E-state index in [2.05, 4.69) is 15.8 Å². The highest BCUT2D eigenvalue weighted by atomic mass is 16.5. The zero-order valence-electron chi connectivity index (χ0n) is 14.8. The molecule has 0 aliphatic carbocycles. The summed E-state index contributed by atoms with van der Waals surface area (Å²) in [4.78, 5) is 45.9. The van der Waals surface area contributed by atoms with Crippen LogP contribution in [-0.2, 0) is 14.3 Å². The molecule has 2 aromatic rings. The van der Waals surface area contributed by atoms with Crippen molar-refractivity contribution in [3.8, 4) is 0 Å². The van der Waals surface area contributed by atoms with Gasteiger partial charge in [-0.25, -0.2) is 15.0 Å². The molecular formula is C19H17N3O6. The molecule has 144 valence electrons. The van der Waals surface area contributed by atoms with Crippen molar-refractivity contribution in [1.82, 2.24) is 5.43 Å². The first kappa shape index (κ1) is 20.3. The summed E-state index contributed by atoms with van der Waals surface area (Å²) in [5.74, 6) is -3.47. The molecule has 28 heavy (non-hydrogen) atoms. The van der Waals surface area contributed by atoms with Crippen molar-refractivity contribution in [1.29, 1.82) is 0 Å². The quantitative estimate of drug-likeness (QED) is 0.300. The van der Waals surface area contributed by atoms with Crippen molar-refractivity contribution in [3.05, 3.63) is 65.2 Å². The van der Waals surface area contributed by atoms with Crippen LogP contribution in [0.1, 0.15) is 33.2 Å². The number of hydrazone groups is 1. The highest BCUT2D eigenvalue weighted by Crippen LogP contribution is 2.10. The van der Waals surface area contributed by atoms with Gasteiger partial charge >= 0.3 is 23.8 Å². The van der Waals surface area contributed by atoms with Gasteiger partial charge in [-0.05, 0) is 48.9 Å². The fraction of sp³-hybridized carbons (Fsp3) is 0.105. The number of carbonyl (C=O) groups excluding carboxylic acids is 3. The van der Waals surface area contributed by atoms with Crippen molar-refractivity contribution >= 4 is 35.7 Å². The number of nitrogens with one attached hydrogen (secondary N) is 2. The van der Waals surface area contributed by atoms with E-state index in [9.17, 15) is 19.2 Å². The second kappa shape index (κ2) is 9.62. The van der Waals surface area contributed by atoms with Crippen molar-refractivity contribution < 1.29 is 29.0 Å². The number of anilines is 1. The third-order valence-electron chi connectivity index (χ3n) is 3.40. The largest absolute Gasteiger partial charge is 0.478 e. The molecule has 0 radical (unpaired) electrons. The molecule has 2 amide bonds. The van der Waals surface area contributed by atoms with Crippen LogP contribution in [0.25, 0.3) is 0 Å². The number of rotatable bonds is 6. The average molecular weight is 383 g/mol. The third-order valence-corrected chi connectivity index (χ3v) is 3.40. The topological polar surface area (TPSA) is 134 Å². The molecule has 0 bridgehead atoms. The number of aromatic carboxylic acids is 1. The number of hydrogen-bond acceptors (Lipinski definition) is 6. The van der Waals surface area contributed by atoms with E-state index in [1.807, 2.05) is 0 Å². The molecule has 0 unspecified atom stereocenters. The minimum absolute atomic E-state index is 0.120. The van der Waals surface area contributed by atoms with Crippen LogP contribution in [0.15, 0.2) is 53.6 Å². The summed E-state index contributed by atoms with van der Waals surface area (Å²) in [6.45, 7) is 1.94. The average Bonchev–Trinajstić information content (AvgIpc) is 2.69. The smallest absolute Gasteiger partial charge is 0.338 e. The van der Waals surface area contributed by atoms with Crippen LogP contribution >= 0.6 is 0 Å². The summed E-state index contributed by atoms with van der Waals surface area (Å²) >= 11 is 0. The van der Waals surface area contributed by atoms with Crippen molar-refractivity contribution in [3.63, 3.8) is 0 Å². The summed E-state index contributed by atoms with van der Waals surface area (Å²) in [5.41, 5.74) is 3.37. The van der Waals surface area contributed by atoms with E-state index < -0.39 is 23.8 Å². The predicted octanol–water partition coefficient (Wildman–Crippen LogP) is 1.65. The summed E-state index contributed by atoms with van der Waals surface area (Å²) in [5, 5.41) is 14.8. The minimum atomic E-state index is -1.05. The second-order valence-electron chi connectivity index (χ2n) is 5.38. The molecule has 0 aromatic heterocycles. The number of hydrogen-bond donors (Lipinski definition) is 3. The summed E-state index contributed by atoms with van der Waals surface area (Å²) < 4.78 is 4.85. The van der Waals surface area contributed by atoms with Gasteiger partial charge < -0.3 is 15.2 Å². The lowest BCUT2D eigenvalue weighted by Gasteiger charge is -2.05. The maximum atomic E-state index is 11.8. The minimum Gasteiger partial charge on any atom is -0.478 e. The monoisotopic (exact) mass is 383 g/mol. The number of carbonyl (C=O) groups is 4. The maximum absolute atomic E-state index is 11.8. The van der Waals surface area contributed by atoms with Crippen LogP contribution in [0, 0.1) is 0 Å². The molecule has 9 nitrogen and oxygen atoms in total. The molecule has 9 heteroatoms. The standard InChI is InChI=1S/C19H17N3O6/c1-2-28-19(27)14-7-9-15(10-8-14)21-16(23)17(24)22-20-11-12-3-5-13(6-4-12)18(25)26/h3-11H,2H2,1H3,(H,21,23)(H,22,24)(H,25,26). The van der Waals surface area contributed by atoms with Crippen LogP contribution < -0.4 is 10.7 Å². The number of nitrogens with zero attached hydrogens (tertiary/aromatic N) is 1. The Bertz CT molecular complexity index is 904. The van der Waals surface area contributed by atoms with E-state index in [1.54, 1.807) is 6.92 Å². The van der Waals surface area contributed by atoms with Gasteiger partial charge in [0.1, 0.15) is 0 Å². The van der Waals surface area contributed by atoms with Gasteiger partial charge in [-0.1, -0.05) is 12.1 Å². The molecule has 0 atom stereocenters. The first-order chi connectivity index (χ1) is 13.4. The Morgan fingerprint density at radius 3 is 2.14 bits per heavy atom. The van der Waals surface area contributed by atoms with Gasteiger partial charge in [-0.15, -0.1) is 0 Å². The second-order valence-corrected chi connectivity index (χ2v) is 5.38. The molecule has 0 heterocycles.